The SMILES string of the molecule is CCCCCCCCCCCCCCCCCCOCCOP(=O)(O)CO[C@H](COC)Cn1cnc2c1N=C(N)NC2N. The molecule has 6 N–H and O–H groups in total. The second-order valence-corrected chi connectivity index (χ2v) is 13.3. The molecular formula is C30H59N6O6P. The van der Waals surface area contributed by atoms with Gasteiger partial charge in [0.25, 0.3) is 0 Å². The largest absolute Gasteiger partial charge is 0.382 e. The van der Waals surface area contributed by atoms with Gasteiger partial charge in [0, 0.05) is 13.7 Å². The number of nitrogens with zero attached hydrogens (tertiary/aromatic N) is 3. The number of aromatic nitrogens is 2. The minimum absolute atomic E-state index is 0.0266. The molecule has 0 spiro atoms. The normalized spacial score (nSPS) is 16.8. The Bertz CT molecular complexity index is 933. The molecule has 1 aliphatic rings. The van der Waals surface area contributed by atoms with Crippen molar-refractivity contribution in [3.8, 4) is 0 Å². The van der Waals surface area contributed by atoms with Gasteiger partial charge in [-0.1, -0.05) is 103 Å². The van der Waals surface area contributed by atoms with E-state index in [2.05, 4.69) is 22.2 Å². The number of guanidine groups is 1. The van der Waals surface area contributed by atoms with E-state index >= 15 is 0 Å². The van der Waals surface area contributed by atoms with Crippen LogP contribution < -0.4 is 16.8 Å². The Morgan fingerprint density at radius 1 is 0.953 bits per heavy atom. The van der Waals surface area contributed by atoms with Gasteiger partial charge in [0.05, 0.1) is 38.8 Å². The molecule has 12 nitrogen and oxygen atoms in total. The van der Waals surface area contributed by atoms with Crippen molar-refractivity contribution in [1.29, 1.82) is 0 Å². The molecular weight excluding hydrogens is 571 g/mol. The summed E-state index contributed by atoms with van der Waals surface area (Å²) in [4.78, 5) is 18.7. The van der Waals surface area contributed by atoms with E-state index in [1.165, 1.54) is 97.0 Å². The van der Waals surface area contributed by atoms with Crippen molar-refractivity contribution in [1.82, 2.24) is 14.9 Å². The van der Waals surface area contributed by atoms with E-state index in [0.29, 0.717) is 18.1 Å². The standard InChI is InChI=1S/C30H59N6O6P/c1-3-4-5-6-7-8-9-10-11-12-13-14-15-16-17-18-19-40-20-21-42-43(37,38)25-41-26(23-39-2)22-36-24-33-27-28(31)34-30(32)35-29(27)36/h24,26,28H,3-23,25,31H2,1-2H3,(H,37,38)(H3,32,34,35)/t26-,28?/m0/s1. The van der Waals surface area contributed by atoms with Crippen LogP contribution in [0.4, 0.5) is 5.82 Å². The molecule has 43 heavy (non-hydrogen) atoms. The number of rotatable bonds is 28. The molecule has 250 valence electrons. The average Bonchev–Trinajstić information content (AvgIpc) is 3.37. The lowest BCUT2D eigenvalue weighted by Crippen LogP contribution is -2.41. The van der Waals surface area contributed by atoms with Crippen LogP contribution in [0, 0.1) is 0 Å². The number of hydrogen-bond acceptors (Lipinski definition) is 10. The number of nitrogens with two attached hydrogens (primary N) is 2. The van der Waals surface area contributed by atoms with Crippen molar-refractivity contribution in [2.24, 2.45) is 16.5 Å². The number of aliphatic imine (C=N–C) groups is 1. The van der Waals surface area contributed by atoms with Gasteiger partial charge in [-0.25, -0.2) is 4.98 Å². The average molecular weight is 631 g/mol. The maximum absolute atomic E-state index is 12.5. The second-order valence-electron chi connectivity index (χ2n) is 11.5. The van der Waals surface area contributed by atoms with Crippen molar-refractivity contribution in [2.75, 3.05) is 39.9 Å². The molecule has 2 unspecified atom stereocenters. The summed E-state index contributed by atoms with van der Waals surface area (Å²) in [6, 6.07) is 0. The summed E-state index contributed by atoms with van der Waals surface area (Å²) in [5.41, 5.74) is 12.3. The Labute approximate surface area is 259 Å². The van der Waals surface area contributed by atoms with E-state index in [9.17, 15) is 9.46 Å². The maximum atomic E-state index is 12.5. The van der Waals surface area contributed by atoms with Gasteiger partial charge in [0.2, 0.25) is 0 Å². The van der Waals surface area contributed by atoms with E-state index in [4.69, 9.17) is 30.2 Å². The second kappa shape index (κ2) is 22.9. The number of imidazole rings is 1. The Hall–Kier alpha value is -1.53. The number of unbranched alkanes of at least 4 members (excludes halogenated alkanes) is 15. The molecule has 0 amide bonds. The van der Waals surface area contributed by atoms with E-state index in [1.807, 2.05) is 0 Å². The van der Waals surface area contributed by atoms with Crippen LogP contribution in [0.2, 0.25) is 0 Å². The summed E-state index contributed by atoms with van der Waals surface area (Å²) >= 11 is 0. The lowest BCUT2D eigenvalue weighted by molar-refractivity contribution is 0.000946. The lowest BCUT2D eigenvalue weighted by atomic mass is 10.0. The summed E-state index contributed by atoms with van der Waals surface area (Å²) in [5.74, 6) is 0.703. The van der Waals surface area contributed by atoms with Crippen LogP contribution in [-0.2, 0) is 29.8 Å². The third-order valence-corrected chi connectivity index (χ3v) is 8.61. The van der Waals surface area contributed by atoms with Gasteiger partial charge in [-0.15, -0.1) is 0 Å². The van der Waals surface area contributed by atoms with E-state index < -0.39 is 26.2 Å². The summed E-state index contributed by atoms with van der Waals surface area (Å²) in [6.07, 6.45) is 21.3. The molecule has 1 aliphatic heterocycles. The third kappa shape index (κ3) is 16.9. The van der Waals surface area contributed by atoms with E-state index in [1.54, 1.807) is 10.9 Å². The van der Waals surface area contributed by atoms with Crippen LogP contribution in [0.25, 0.3) is 0 Å². The van der Waals surface area contributed by atoms with E-state index in [0.717, 1.165) is 12.8 Å². The molecule has 2 rings (SSSR count). The summed E-state index contributed by atoms with van der Waals surface area (Å²) in [6.45, 7) is 3.67. The maximum Gasteiger partial charge on any atom is 0.353 e. The fourth-order valence-electron chi connectivity index (χ4n) is 5.13. The van der Waals surface area contributed by atoms with Gasteiger partial charge >= 0.3 is 7.60 Å². The molecule has 0 saturated heterocycles. The topological polar surface area (TPSA) is 168 Å². The number of hydrogen-bond donors (Lipinski definition) is 4. The van der Waals surface area contributed by atoms with Crippen LogP contribution in [-0.4, -0.2) is 66.4 Å². The molecule has 1 aromatic heterocycles. The third-order valence-electron chi connectivity index (χ3n) is 7.55. The zero-order valence-corrected chi connectivity index (χ0v) is 27.6. The molecule has 0 aliphatic carbocycles. The molecule has 1 aromatic rings. The van der Waals surface area contributed by atoms with Crippen LogP contribution in [0.1, 0.15) is 122 Å². The zero-order valence-electron chi connectivity index (χ0n) is 26.7. The predicted molar refractivity (Wildman–Crippen MR) is 171 cm³/mol. The Morgan fingerprint density at radius 3 is 2.12 bits per heavy atom. The van der Waals surface area contributed by atoms with Crippen LogP contribution in [0.15, 0.2) is 11.3 Å². The van der Waals surface area contributed by atoms with Gasteiger partial charge < -0.3 is 45.0 Å². The minimum atomic E-state index is -3.96. The fourth-order valence-corrected chi connectivity index (χ4v) is 5.96. The molecule has 0 saturated carbocycles. The van der Waals surface area contributed by atoms with Crippen LogP contribution >= 0.6 is 7.60 Å². The van der Waals surface area contributed by atoms with Gasteiger partial charge in [-0.05, 0) is 6.42 Å². The van der Waals surface area contributed by atoms with Gasteiger partial charge in [0.1, 0.15) is 18.2 Å². The monoisotopic (exact) mass is 630 g/mol. The summed E-state index contributed by atoms with van der Waals surface area (Å²) in [5, 5.41) is 2.81. The fraction of sp³-hybridized carbons (Fsp3) is 0.867. The van der Waals surface area contributed by atoms with Crippen molar-refractivity contribution < 1.29 is 28.2 Å². The number of fused-ring (bicyclic) bond motifs is 1. The summed E-state index contributed by atoms with van der Waals surface area (Å²) in [7, 11) is -2.43. The molecule has 0 bridgehead atoms. The highest BCUT2D eigenvalue weighted by Gasteiger charge is 2.26. The Kier molecular flexibility index (Phi) is 20.1. The summed E-state index contributed by atoms with van der Waals surface area (Å²) < 4.78 is 35.9. The number of methoxy groups -OCH3 is 1. The highest BCUT2D eigenvalue weighted by Crippen LogP contribution is 2.42. The van der Waals surface area contributed by atoms with Crippen molar-refractivity contribution >= 4 is 19.4 Å². The molecule has 3 atom stereocenters. The van der Waals surface area contributed by atoms with Crippen LogP contribution in [0.5, 0.6) is 0 Å². The molecule has 0 radical (unpaired) electrons. The highest BCUT2D eigenvalue weighted by molar-refractivity contribution is 7.52. The van der Waals surface area contributed by atoms with Crippen molar-refractivity contribution in [2.45, 2.75) is 128 Å². The van der Waals surface area contributed by atoms with Crippen molar-refractivity contribution in [3.05, 3.63) is 12.0 Å². The predicted octanol–water partition coefficient (Wildman–Crippen LogP) is 5.86. The number of nitrogens with one attached hydrogen (secondary N) is 1. The van der Waals surface area contributed by atoms with Crippen molar-refractivity contribution in [3.63, 3.8) is 0 Å². The number of ether oxygens (including phenoxy) is 3. The zero-order chi connectivity index (χ0) is 31.2. The minimum Gasteiger partial charge on any atom is -0.382 e. The molecule has 2 heterocycles. The van der Waals surface area contributed by atoms with Gasteiger partial charge in [-0.3, -0.25) is 4.57 Å². The van der Waals surface area contributed by atoms with Gasteiger partial charge in [-0.2, -0.15) is 4.99 Å². The first kappa shape index (κ1) is 37.7. The smallest absolute Gasteiger partial charge is 0.353 e. The first-order chi connectivity index (χ1) is 20.9. The Balaban J connectivity index is 1.44. The lowest BCUT2D eigenvalue weighted by Gasteiger charge is -2.22. The first-order valence-corrected chi connectivity index (χ1v) is 18.2. The Morgan fingerprint density at radius 2 is 1.53 bits per heavy atom. The van der Waals surface area contributed by atoms with E-state index in [-0.39, 0.29) is 32.3 Å². The van der Waals surface area contributed by atoms with Gasteiger partial charge in [0.15, 0.2) is 11.8 Å². The van der Waals surface area contributed by atoms with Crippen LogP contribution in [0.3, 0.4) is 0 Å². The molecule has 0 aromatic carbocycles. The molecule has 13 heteroatoms. The highest BCUT2D eigenvalue weighted by atomic mass is 31.2. The molecule has 0 fully saturated rings. The first-order valence-electron chi connectivity index (χ1n) is 16.4. The quantitative estimate of drug-likeness (QED) is 0.0650.